The number of fused-ring (bicyclic) bond motifs is 1. The highest BCUT2D eigenvalue weighted by atomic mass is 35.5. The second-order valence-corrected chi connectivity index (χ2v) is 6.81. The van der Waals surface area contributed by atoms with Gasteiger partial charge in [0.05, 0.1) is 5.02 Å². The molecule has 0 bridgehead atoms. The van der Waals surface area contributed by atoms with Crippen LogP contribution in [0.1, 0.15) is 29.2 Å². The second kappa shape index (κ2) is 8.86. The SMILES string of the molecule is Cc1nc2nc(C(F)(F)F)nn2c(C)c1CCC(=O)OCCOc1ccccc1Cl. The molecule has 0 N–H and O–H groups in total. The summed E-state index contributed by atoms with van der Waals surface area (Å²) in [5.74, 6) is -1.37. The molecule has 2 aromatic heterocycles. The van der Waals surface area contributed by atoms with Crippen molar-refractivity contribution < 1.29 is 27.4 Å². The number of carbonyl (C=O) groups is 1. The first-order chi connectivity index (χ1) is 14.2. The van der Waals surface area contributed by atoms with E-state index in [2.05, 4.69) is 15.1 Å². The van der Waals surface area contributed by atoms with Crippen molar-refractivity contribution in [2.75, 3.05) is 13.2 Å². The number of hydrogen-bond donors (Lipinski definition) is 0. The summed E-state index contributed by atoms with van der Waals surface area (Å²) < 4.78 is 50.1. The van der Waals surface area contributed by atoms with Crippen LogP contribution in [0.5, 0.6) is 5.75 Å². The molecule has 0 fully saturated rings. The van der Waals surface area contributed by atoms with Gasteiger partial charge in [-0.25, -0.2) is 9.50 Å². The zero-order valence-corrected chi connectivity index (χ0v) is 16.9. The second-order valence-electron chi connectivity index (χ2n) is 6.41. The van der Waals surface area contributed by atoms with Crippen LogP contribution in [0.2, 0.25) is 5.02 Å². The van der Waals surface area contributed by atoms with Crippen molar-refractivity contribution >= 4 is 23.3 Å². The number of carbonyl (C=O) groups excluding carboxylic acids is 1. The van der Waals surface area contributed by atoms with Crippen molar-refractivity contribution in [3.63, 3.8) is 0 Å². The zero-order valence-electron chi connectivity index (χ0n) is 16.2. The minimum absolute atomic E-state index is 0.0295. The minimum Gasteiger partial charge on any atom is -0.488 e. The summed E-state index contributed by atoms with van der Waals surface area (Å²) in [5.41, 5.74) is 1.54. The van der Waals surface area contributed by atoms with Crippen LogP contribution in [0.4, 0.5) is 13.2 Å². The van der Waals surface area contributed by atoms with E-state index in [-0.39, 0.29) is 31.8 Å². The molecule has 3 aromatic rings. The van der Waals surface area contributed by atoms with E-state index in [9.17, 15) is 18.0 Å². The lowest BCUT2D eigenvalue weighted by Crippen LogP contribution is -2.14. The fourth-order valence-corrected chi connectivity index (χ4v) is 3.05. The van der Waals surface area contributed by atoms with Crippen molar-refractivity contribution in [3.8, 4) is 5.75 Å². The summed E-state index contributed by atoms with van der Waals surface area (Å²) in [6.45, 7) is 3.43. The summed E-state index contributed by atoms with van der Waals surface area (Å²) in [6.07, 6.45) is -4.39. The Balaban J connectivity index is 1.57. The molecule has 0 aliphatic carbocycles. The Hall–Kier alpha value is -2.88. The molecule has 0 radical (unpaired) electrons. The van der Waals surface area contributed by atoms with E-state index in [1.807, 2.05) is 0 Å². The Morgan fingerprint density at radius 3 is 2.60 bits per heavy atom. The van der Waals surface area contributed by atoms with Gasteiger partial charge in [-0.15, -0.1) is 5.10 Å². The molecule has 0 aliphatic heterocycles. The zero-order chi connectivity index (χ0) is 21.9. The maximum atomic E-state index is 12.8. The molecule has 0 saturated carbocycles. The Labute approximate surface area is 174 Å². The van der Waals surface area contributed by atoms with Gasteiger partial charge in [0.15, 0.2) is 0 Å². The number of para-hydroxylation sites is 1. The number of benzene rings is 1. The van der Waals surface area contributed by atoms with Crippen LogP contribution >= 0.6 is 11.6 Å². The third kappa shape index (κ3) is 4.99. The third-order valence-electron chi connectivity index (χ3n) is 4.32. The molecule has 11 heteroatoms. The first kappa shape index (κ1) is 21.8. The summed E-state index contributed by atoms with van der Waals surface area (Å²) in [5, 5.41) is 3.94. The highest BCUT2D eigenvalue weighted by Crippen LogP contribution is 2.27. The van der Waals surface area contributed by atoms with Crippen LogP contribution in [0.3, 0.4) is 0 Å². The maximum absolute atomic E-state index is 12.8. The summed E-state index contributed by atoms with van der Waals surface area (Å²) in [6, 6.07) is 6.93. The van der Waals surface area contributed by atoms with Crippen LogP contribution in [-0.2, 0) is 22.1 Å². The first-order valence-corrected chi connectivity index (χ1v) is 9.37. The molecule has 0 spiro atoms. The number of esters is 1. The number of ether oxygens (including phenoxy) is 2. The van der Waals surface area contributed by atoms with E-state index in [0.29, 0.717) is 27.7 Å². The van der Waals surface area contributed by atoms with Crippen LogP contribution < -0.4 is 4.74 Å². The van der Waals surface area contributed by atoms with Crippen molar-refractivity contribution in [1.82, 2.24) is 19.6 Å². The smallest absolute Gasteiger partial charge is 0.453 e. The predicted molar refractivity (Wildman–Crippen MR) is 101 cm³/mol. The number of rotatable bonds is 7. The Morgan fingerprint density at radius 2 is 1.90 bits per heavy atom. The molecule has 0 saturated heterocycles. The van der Waals surface area contributed by atoms with E-state index in [0.717, 1.165) is 4.52 Å². The van der Waals surface area contributed by atoms with Gasteiger partial charge < -0.3 is 9.47 Å². The lowest BCUT2D eigenvalue weighted by molar-refractivity contribution is -0.145. The fourth-order valence-electron chi connectivity index (χ4n) is 2.86. The maximum Gasteiger partial charge on any atom is 0.453 e. The van der Waals surface area contributed by atoms with Gasteiger partial charge in [0, 0.05) is 17.8 Å². The van der Waals surface area contributed by atoms with Crippen LogP contribution in [-0.4, -0.2) is 38.8 Å². The number of hydrogen-bond acceptors (Lipinski definition) is 6. The average Bonchev–Trinajstić information content (AvgIpc) is 3.11. The van der Waals surface area contributed by atoms with Gasteiger partial charge in [0.25, 0.3) is 11.6 Å². The predicted octanol–water partition coefficient (Wildman–Crippen LogP) is 3.97. The molecule has 30 heavy (non-hydrogen) atoms. The number of alkyl halides is 3. The number of halogens is 4. The Morgan fingerprint density at radius 1 is 1.17 bits per heavy atom. The molecule has 0 amide bonds. The average molecular weight is 443 g/mol. The molecule has 1 aromatic carbocycles. The van der Waals surface area contributed by atoms with E-state index >= 15 is 0 Å². The van der Waals surface area contributed by atoms with Crippen LogP contribution in [0.25, 0.3) is 5.78 Å². The molecule has 2 heterocycles. The number of nitrogens with zero attached hydrogens (tertiary/aromatic N) is 4. The Bertz CT molecular complexity index is 1070. The van der Waals surface area contributed by atoms with Gasteiger partial charge in [0.1, 0.15) is 19.0 Å². The lowest BCUT2D eigenvalue weighted by atomic mass is 10.1. The van der Waals surface area contributed by atoms with Gasteiger partial charge in [-0.1, -0.05) is 23.7 Å². The monoisotopic (exact) mass is 442 g/mol. The van der Waals surface area contributed by atoms with Crippen molar-refractivity contribution in [2.45, 2.75) is 32.9 Å². The number of aromatic nitrogens is 4. The highest BCUT2D eigenvalue weighted by Gasteiger charge is 2.36. The lowest BCUT2D eigenvalue weighted by Gasteiger charge is -2.11. The fraction of sp³-hybridized carbons (Fsp3) is 0.368. The molecule has 0 atom stereocenters. The molecule has 7 nitrogen and oxygen atoms in total. The third-order valence-corrected chi connectivity index (χ3v) is 4.63. The molecule has 0 unspecified atom stereocenters. The molecule has 160 valence electrons. The first-order valence-electron chi connectivity index (χ1n) is 9.00. The largest absolute Gasteiger partial charge is 0.488 e. The van der Waals surface area contributed by atoms with Crippen molar-refractivity contribution in [2.24, 2.45) is 0 Å². The highest BCUT2D eigenvalue weighted by molar-refractivity contribution is 6.32. The summed E-state index contributed by atoms with van der Waals surface area (Å²) in [4.78, 5) is 19.5. The van der Waals surface area contributed by atoms with Gasteiger partial charge in [-0.3, -0.25) is 4.79 Å². The van der Waals surface area contributed by atoms with E-state index in [1.54, 1.807) is 38.1 Å². The van der Waals surface area contributed by atoms with Crippen LogP contribution in [0.15, 0.2) is 24.3 Å². The minimum atomic E-state index is -4.66. The van der Waals surface area contributed by atoms with E-state index < -0.39 is 18.0 Å². The van der Waals surface area contributed by atoms with Gasteiger partial charge in [0.2, 0.25) is 0 Å². The summed E-state index contributed by atoms with van der Waals surface area (Å²) in [7, 11) is 0. The molecular formula is C19H18ClF3N4O3. The summed E-state index contributed by atoms with van der Waals surface area (Å²) >= 11 is 5.97. The quantitative estimate of drug-likeness (QED) is 0.407. The van der Waals surface area contributed by atoms with E-state index in [4.69, 9.17) is 21.1 Å². The normalized spacial score (nSPS) is 11.7. The molecule has 0 aliphatic rings. The van der Waals surface area contributed by atoms with Crippen molar-refractivity contribution in [3.05, 3.63) is 52.1 Å². The van der Waals surface area contributed by atoms with Crippen molar-refractivity contribution in [1.29, 1.82) is 0 Å². The molecule has 3 rings (SSSR count). The standard InChI is InChI=1S/C19H18ClF3N4O3/c1-11-13(12(2)27-18(24-11)25-17(26-27)19(21,22)23)7-8-16(28)30-10-9-29-15-6-4-3-5-14(15)20/h3-6H,7-10H2,1-2H3. The number of aryl methyl sites for hydroxylation is 2. The topological polar surface area (TPSA) is 78.6 Å². The van der Waals surface area contributed by atoms with Gasteiger partial charge in [-0.05, 0) is 38.0 Å². The van der Waals surface area contributed by atoms with Crippen LogP contribution in [0, 0.1) is 13.8 Å². The van der Waals surface area contributed by atoms with E-state index in [1.165, 1.54) is 0 Å². The Kier molecular flexibility index (Phi) is 6.45. The van der Waals surface area contributed by atoms with Gasteiger partial charge in [-0.2, -0.15) is 18.2 Å². The van der Waals surface area contributed by atoms with Gasteiger partial charge >= 0.3 is 12.1 Å². The molecular weight excluding hydrogens is 425 g/mol.